The van der Waals surface area contributed by atoms with Crippen molar-refractivity contribution in [3.63, 3.8) is 0 Å². The molecule has 0 aliphatic heterocycles. The van der Waals surface area contributed by atoms with E-state index in [0.717, 1.165) is 26.4 Å². The van der Waals surface area contributed by atoms with Gasteiger partial charge in [-0.05, 0) is 64.4 Å². The number of carbonyl (C=O) groups excluding carboxylic acids is 1. The molecule has 5 nitrogen and oxygen atoms in total. The quantitative estimate of drug-likeness (QED) is 0.258. The monoisotopic (exact) mass is 488 g/mol. The highest BCUT2D eigenvalue weighted by Gasteiger charge is 2.07. The molecule has 0 aromatic heterocycles. The SMILES string of the molecule is COc1cc(/C=N\NC(=O)c2ccc3ccccc3c2)ccc1OCc1ccc(Br)cc1. The van der Waals surface area contributed by atoms with E-state index in [1.54, 1.807) is 19.4 Å². The summed E-state index contributed by atoms with van der Waals surface area (Å²) in [7, 11) is 1.59. The van der Waals surface area contributed by atoms with Gasteiger partial charge in [0.15, 0.2) is 11.5 Å². The first-order valence-electron chi connectivity index (χ1n) is 10.00. The van der Waals surface area contributed by atoms with Crippen LogP contribution in [0.5, 0.6) is 11.5 Å². The van der Waals surface area contributed by atoms with Gasteiger partial charge >= 0.3 is 0 Å². The van der Waals surface area contributed by atoms with Gasteiger partial charge in [0, 0.05) is 10.0 Å². The number of carbonyl (C=O) groups is 1. The summed E-state index contributed by atoms with van der Waals surface area (Å²) in [6, 6.07) is 26.9. The Morgan fingerprint density at radius 3 is 2.50 bits per heavy atom. The largest absolute Gasteiger partial charge is 0.493 e. The van der Waals surface area contributed by atoms with Crippen LogP contribution in [0.3, 0.4) is 0 Å². The highest BCUT2D eigenvalue weighted by molar-refractivity contribution is 9.10. The van der Waals surface area contributed by atoms with Gasteiger partial charge in [-0.1, -0.05) is 58.4 Å². The number of methoxy groups -OCH3 is 1. The molecule has 32 heavy (non-hydrogen) atoms. The van der Waals surface area contributed by atoms with Crippen molar-refractivity contribution in [3.05, 3.63) is 106 Å². The minimum Gasteiger partial charge on any atom is -0.493 e. The number of amides is 1. The van der Waals surface area contributed by atoms with Gasteiger partial charge in [0.2, 0.25) is 0 Å². The van der Waals surface area contributed by atoms with E-state index in [-0.39, 0.29) is 5.91 Å². The zero-order chi connectivity index (χ0) is 22.3. The lowest BCUT2D eigenvalue weighted by atomic mass is 10.1. The Hall–Kier alpha value is -3.64. The van der Waals surface area contributed by atoms with Crippen molar-refractivity contribution in [1.82, 2.24) is 5.43 Å². The summed E-state index contributed by atoms with van der Waals surface area (Å²) in [5.74, 6) is 0.952. The minimum atomic E-state index is -0.270. The molecule has 0 fully saturated rings. The molecule has 0 atom stereocenters. The number of rotatable bonds is 7. The minimum absolute atomic E-state index is 0.270. The average Bonchev–Trinajstić information content (AvgIpc) is 2.83. The lowest BCUT2D eigenvalue weighted by Gasteiger charge is -2.11. The Morgan fingerprint density at radius 2 is 1.72 bits per heavy atom. The molecule has 1 N–H and O–H groups in total. The summed E-state index contributed by atoms with van der Waals surface area (Å²) in [4.78, 5) is 12.4. The molecule has 4 aromatic carbocycles. The second kappa shape index (κ2) is 10.1. The molecular formula is C26H21BrN2O3. The van der Waals surface area contributed by atoms with Crippen molar-refractivity contribution in [2.45, 2.75) is 6.61 Å². The molecule has 0 bridgehead atoms. The topological polar surface area (TPSA) is 59.9 Å². The summed E-state index contributed by atoms with van der Waals surface area (Å²) >= 11 is 3.43. The van der Waals surface area contributed by atoms with Crippen LogP contribution in [0.15, 0.2) is 94.5 Å². The van der Waals surface area contributed by atoms with E-state index in [9.17, 15) is 4.79 Å². The van der Waals surface area contributed by atoms with Gasteiger partial charge in [-0.2, -0.15) is 5.10 Å². The van der Waals surface area contributed by atoms with Crippen LogP contribution in [0.2, 0.25) is 0 Å². The van der Waals surface area contributed by atoms with E-state index in [1.807, 2.05) is 78.9 Å². The lowest BCUT2D eigenvalue weighted by molar-refractivity contribution is 0.0955. The number of fused-ring (bicyclic) bond motifs is 1. The third-order valence-electron chi connectivity index (χ3n) is 4.89. The van der Waals surface area contributed by atoms with E-state index >= 15 is 0 Å². The zero-order valence-corrected chi connectivity index (χ0v) is 19.0. The second-order valence-corrected chi connectivity index (χ2v) is 8.00. The lowest BCUT2D eigenvalue weighted by Crippen LogP contribution is -2.17. The van der Waals surface area contributed by atoms with E-state index in [4.69, 9.17) is 9.47 Å². The number of nitrogens with one attached hydrogen (secondary N) is 1. The predicted octanol–water partition coefficient (Wildman–Crippen LogP) is 5.95. The summed E-state index contributed by atoms with van der Waals surface area (Å²) in [6.45, 7) is 0.429. The molecule has 0 radical (unpaired) electrons. The molecule has 160 valence electrons. The van der Waals surface area contributed by atoms with E-state index in [2.05, 4.69) is 26.5 Å². The van der Waals surface area contributed by atoms with Crippen LogP contribution in [0, 0.1) is 0 Å². The van der Waals surface area contributed by atoms with Gasteiger partial charge in [-0.3, -0.25) is 4.79 Å². The molecule has 0 heterocycles. The molecule has 0 unspecified atom stereocenters. The van der Waals surface area contributed by atoms with Crippen LogP contribution >= 0.6 is 15.9 Å². The Labute approximate surface area is 194 Å². The molecule has 6 heteroatoms. The van der Waals surface area contributed by atoms with E-state index in [1.165, 1.54) is 0 Å². The van der Waals surface area contributed by atoms with Crippen LogP contribution in [-0.2, 0) is 6.61 Å². The summed E-state index contributed by atoms with van der Waals surface area (Å²) < 4.78 is 12.4. The predicted molar refractivity (Wildman–Crippen MR) is 130 cm³/mol. The Bertz CT molecular complexity index is 1270. The summed E-state index contributed by atoms with van der Waals surface area (Å²) in [5.41, 5.74) is 4.95. The summed E-state index contributed by atoms with van der Waals surface area (Å²) in [6.07, 6.45) is 1.57. The fraction of sp³-hybridized carbons (Fsp3) is 0.0769. The van der Waals surface area contributed by atoms with Crippen LogP contribution < -0.4 is 14.9 Å². The number of halogens is 1. The molecular weight excluding hydrogens is 468 g/mol. The number of nitrogens with zero attached hydrogens (tertiary/aromatic N) is 1. The van der Waals surface area contributed by atoms with Gasteiger partial charge in [0.05, 0.1) is 13.3 Å². The smallest absolute Gasteiger partial charge is 0.271 e. The molecule has 1 amide bonds. The zero-order valence-electron chi connectivity index (χ0n) is 17.4. The summed E-state index contributed by atoms with van der Waals surface area (Å²) in [5, 5.41) is 6.17. The number of hydrogen-bond acceptors (Lipinski definition) is 4. The van der Waals surface area contributed by atoms with Gasteiger partial charge in [-0.25, -0.2) is 5.43 Å². The normalized spacial score (nSPS) is 10.9. The molecule has 0 aliphatic rings. The van der Waals surface area contributed by atoms with Crippen molar-refractivity contribution in [3.8, 4) is 11.5 Å². The highest BCUT2D eigenvalue weighted by atomic mass is 79.9. The maximum absolute atomic E-state index is 12.4. The fourth-order valence-corrected chi connectivity index (χ4v) is 3.45. The van der Waals surface area contributed by atoms with Crippen LogP contribution in [0.25, 0.3) is 10.8 Å². The van der Waals surface area contributed by atoms with Crippen molar-refractivity contribution >= 4 is 38.8 Å². The van der Waals surface area contributed by atoms with Crippen molar-refractivity contribution in [2.75, 3.05) is 7.11 Å². The molecule has 0 aliphatic carbocycles. The highest BCUT2D eigenvalue weighted by Crippen LogP contribution is 2.28. The number of hydrazone groups is 1. The fourth-order valence-electron chi connectivity index (χ4n) is 3.19. The third kappa shape index (κ3) is 5.34. The average molecular weight is 489 g/mol. The Morgan fingerprint density at radius 1 is 0.938 bits per heavy atom. The maximum Gasteiger partial charge on any atom is 0.271 e. The third-order valence-corrected chi connectivity index (χ3v) is 5.42. The van der Waals surface area contributed by atoms with Gasteiger partial charge in [0.1, 0.15) is 6.61 Å². The van der Waals surface area contributed by atoms with Gasteiger partial charge in [-0.15, -0.1) is 0 Å². The Balaban J connectivity index is 1.39. The number of hydrogen-bond donors (Lipinski definition) is 1. The van der Waals surface area contributed by atoms with Crippen LogP contribution in [-0.4, -0.2) is 19.2 Å². The Kier molecular flexibility index (Phi) is 6.82. The van der Waals surface area contributed by atoms with Crippen LogP contribution in [0.4, 0.5) is 0 Å². The first-order chi connectivity index (χ1) is 15.6. The first kappa shape index (κ1) is 21.6. The van der Waals surface area contributed by atoms with Crippen molar-refractivity contribution in [2.24, 2.45) is 5.10 Å². The first-order valence-corrected chi connectivity index (χ1v) is 10.8. The van der Waals surface area contributed by atoms with Crippen molar-refractivity contribution < 1.29 is 14.3 Å². The second-order valence-electron chi connectivity index (χ2n) is 7.09. The molecule has 4 rings (SSSR count). The molecule has 4 aromatic rings. The van der Waals surface area contributed by atoms with Gasteiger partial charge in [0.25, 0.3) is 5.91 Å². The van der Waals surface area contributed by atoms with E-state index in [0.29, 0.717) is 23.7 Å². The number of ether oxygens (including phenoxy) is 2. The van der Waals surface area contributed by atoms with Crippen LogP contribution in [0.1, 0.15) is 21.5 Å². The standard InChI is InChI=1S/C26H21BrN2O3/c1-31-25-14-19(8-13-24(25)32-17-18-6-11-23(27)12-7-18)16-28-29-26(30)22-10-9-20-4-2-3-5-21(20)15-22/h2-16H,17H2,1H3,(H,29,30)/b28-16-. The van der Waals surface area contributed by atoms with E-state index < -0.39 is 0 Å². The number of benzene rings is 4. The maximum atomic E-state index is 12.4. The van der Waals surface area contributed by atoms with Gasteiger partial charge < -0.3 is 9.47 Å². The van der Waals surface area contributed by atoms with Crippen molar-refractivity contribution in [1.29, 1.82) is 0 Å². The molecule has 0 saturated heterocycles. The molecule has 0 spiro atoms. The molecule has 0 saturated carbocycles.